The number of phenols is 1. The highest BCUT2D eigenvalue weighted by atomic mass is 32.3. The molecule has 20 heteroatoms. The summed E-state index contributed by atoms with van der Waals surface area (Å²) < 4.78 is 96.2. The maximum atomic E-state index is 12.3. The van der Waals surface area contributed by atoms with E-state index >= 15 is 0 Å². The Hall–Kier alpha value is -2.92. The number of aromatic hydroxyl groups is 1. The number of phenolic OH excluding ortho intramolecular Hbond substituents is 1. The van der Waals surface area contributed by atoms with Gasteiger partial charge in [-0.1, -0.05) is 5.04 Å². The van der Waals surface area contributed by atoms with Crippen LogP contribution in [0.25, 0.3) is 10.8 Å². The summed E-state index contributed by atoms with van der Waals surface area (Å²) >= 11 is 0.474. The van der Waals surface area contributed by atoms with Gasteiger partial charge in [-0.15, -0.1) is 9.45 Å². The summed E-state index contributed by atoms with van der Waals surface area (Å²) in [4.78, 5) is -0.836. The summed E-state index contributed by atoms with van der Waals surface area (Å²) in [6.07, 6.45) is 0. The van der Waals surface area contributed by atoms with Gasteiger partial charge in [0.05, 0.1) is 40.7 Å². The number of hydrogen-bond acceptors (Lipinski definition) is 15. The molecule has 206 valence electrons. The Bertz CT molecular complexity index is 1710. The summed E-state index contributed by atoms with van der Waals surface area (Å²) in [7, 11) is -13.7. The molecule has 0 atom stereocenters. The number of sulfone groups is 1. The van der Waals surface area contributed by atoms with Crippen molar-refractivity contribution in [2.24, 2.45) is 10.2 Å². The molecule has 3 rings (SSSR count). The third-order valence-electron chi connectivity index (χ3n) is 4.65. The Morgan fingerprint density at radius 1 is 0.947 bits per heavy atom. The number of nitrogens with two attached hydrogens (primary N) is 1. The Balaban J connectivity index is 1.97. The van der Waals surface area contributed by atoms with Crippen molar-refractivity contribution in [3.05, 3.63) is 42.5 Å². The highest BCUT2D eigenvalue weighted by Crippen LogP contribution is 2.43. The number of fused-ring (bicyclic) bond motifs is 1. The molecule has 0 aliphatic carbocycles. The average molecular weight is 612 g/mol. The number of nitrogens with zero attached hydrogens (tertiary/aromatic N) is 2. The lowest BCUT2D eigenvalue weighted by Crippen LogP contribution is -2.15. The summed E-state index contributed by atoms with van der Waals surface area (Å²) in [5.41, 5.74) is 5.18. The molecule has 0 fully saturated rings. The highest BCUT2D eigenvalue weighted by molar-refractivity contribution is 7.94. The zero-order valence-corrected chi connectivity index (χ0v) is 21.8. The van der Waals surface area contributed by atoms with Crippen LogP contribution in [0.3, 0.4) is 0 Å². The molecular weight excluding hydrogens is 594 g/mol. The lowest BCUT2D eigenvalue weighted by Gasteiger charge is -2.12. The van der Waals surface area contributed by atoms with Crippen LogP contribution < -0.4 is 5.73 Å². The zero-order valence-electron chi connectivity index (χ0n) is 18.5. The van der Waals surface area contributed by atoms with Crippen molar-refractivity contribution in [3.63, 3.8) is 0 Å². The van der Waals surface area contributed by atoms with E-state index in [4.69, 9.17) is 15.5 Å². The fraction of sp³-hybridized carbons (Fsp3) is 0.111. The average Bonchev–Trinajstić information content (AvgIpc) is 2.80. The molecule has 0 aliphatic heterocycles. The molecule has 0 radical (unpaired) electrons. The number of rotatable bonds is 11. The molecule has 0 aliphatic rings. The van der Waals surface area contributed by atoms with Crippen LogP contribution in [-0.4, -0.2) is 57.1 Å². The highest BCUT2D eigenvalue weighted by Gasteiger charge is 2.23. The largest absolute Gasteiger partial charge is 0.507 e. The molecule has 3 aromatic carbocycles. The molecule has 16 nitrogen and oxygen atoms in total. The van der Waals surface area contributed by atoms with Crippen LogP contribution in [0.1, 0.15) is 0 Å². The van der Waals surface area contributed by atoms with E-state index < -0.39 is 59.0 Å². The minimum atomic E-state index is -4.91. The SMILES string of the molecule is Nc1c(N=Nc2ccc(S(=O)(=O)CCOS(=O)(=O)O)cc2)c(S(=O)(=O)O)cc2cc(SOOO)cc(O)c12. The summed E-state index contributed by atoms with van der Waals surface area (Å²) in [6, 6.07) is 8.02. The molecule has 0 spiro atoms. The van der Waals surface area contributed by atoms with Gasteiger partial charge in [0, 0.05) is 10.3 Å². The predicted molar refractivity (Wildman–Crippen MR) is 131 cm³/mol. The van der Waals surface area contributed by atoms with Gasteiger partial charge in [-0.3, -0.25) is 9.11 Å². The second kappa shape index (κ2) is 11.4. The van der Waals surface area contributed by atoms with Crippen LogP contribution in [0.4, 0.5) is 17.1 Å². The van der Waals surface area contributed by atoms with Crippen molar-refractivity contribution in [1.82, 2.24) is 0 Å². The van der Waals surface area contributed by atoms with Crippen molar-refractivity contribution in [1.29, 1.82) is 0 Å². The fourth-order valence-electron chi connectivity index (χ4n) is 3.09. The monoisotopic (exact) mass is 611 g/mol. The second-order valence-electron chi connectivity index (χ2n) is 7.14. The number of anilines is 1. The first-order valence-corrected chi connectivity index (χ1v) is 14.9. The smallest absolute Gasteiger partial charge is 0.397 e. The fourth-order valence-corrected chi connectivity index (χ4v) is 5.69. The van der Waals surface area contributed by atoms with Gasteiger partial charge in [0.15, 0.2) is 9.84 Å². The molecule has 0 amide bonds. The van der Waals surface area contributed by atoms with Crippen LogP contribution in [-0.2, 0) is 43.9 Å². The van der Waals surface area contributed by atoms with Gasteiger partial charge in [0.1, 0.15) is 16.3 Å². The maximum absolute atomic E-state index is 12.3. The maximum Gasteiger partial charge on any atom is 0.397 e. The number of azo groups is 1. The Morgan fingerprint density at radius 2 is 1.61 bits per heavy atom. The summed E-state index contributed by atoms with van der Waals surface area (Å²) in [5.74, 6) is -1.20. The number of hydrogen-bond donors (Lipinski definition) is 5. The lowest BCUT2D eigenvalue weighted by molar-refractivity contribution is -0.432. The van der Waals surface area contributed by atoms with E-state index in [9.17, 15) is 34.9 Å². The molecule has 0 heterocycles. The van der Waals surface area contributed by atoms with Gasteiger partial charge in [0.25, 0.3) is 10.1 Å². The van der Waals surface area contributed by atoms with Crippen molar-refractivity contribution in [2.45, 2.75) is 14.7 Å². The molecule has 0 saturated carbocycles. The minimum absolute atomic E-state index is 0.0241. The van der Waals surface area contributed by atoms with Gasteiger partial charge >= 0.3 is 10.4 Å². The van der Waals surface area contributed by atoms with Crippen LogP contribution in [0.15, 0.2) is 67.4 Å². The van der Waals surface area contributed by atoms with Crippen molar-refractivity contribution < 1.29 is 58.3 Å². The molecular formula is C18H17N3O13S4. The van der Waals surface area contributed by atoms with E-state index in [0.29, 0.717) is 12.0 Å². The van der Waals surface area contributed by atoms with Crippen molar-refractivity contribution in [3.8, 4) is 5.75 Å². The van der Waals surface area contributed by atoms with Crippen LogP contribution >= 0.6 is 12.0 Å². The van der Waals surface area contributed by atoms with Gasteiger partial charge in [0.2, 0.25) is 0 Å². The standard InChI is InChI=1S/C18H17N3O13S4/c19-17-16-10(7-12(9-14(16)22)35-34-33-23)8-15(37(26,27)28)18(17)21-20-11-1-3-13(4-2-11)36(24,25)6-5-32-38(29,30)31/h1-4,7-9,22-23H,5-6,19H2,(H,26,27,28)(H,29,30,31). The molecule has 6 N–H and O–H groups in total. The van der Waals surface area contributed by atoms with E-state index in [0.717, 1.165) is 24.3 Å². The number of nitrogen functional groups attached to an aromatic ring is 1. The van der Waals surface area contributed by atoms with Gasteiger partial charge in [-0.2, -0.15) is 21.9 Å². The van der Waals surface area contributed by atoms with E-state index in [1.807, 2.05) is 0 Å². The van der Waals surface area contributed by atoms with E-state index in [2.05, 4.69) is 23.8 Å². The van der Waals surface area contributed by atoms with Gasteiger partial charge < -0.3 is 10.8 Å². The van der Waals surface area contributed by atoms with E-state index in [1.165, 1.54) is 18.2 Å². The molecule has 0 saturated heterocycles. The zero-order chi connectivity index (χ0) is 28.3. The van der Waals surface area contributed by atoms with Crippen LogP contribution in [0.2, 0.25) is 0 Å². The molecule has 0 unspecified atom stereocenters. The minimum Gasteiger partial charge on any atom is -0.507 e. The number of benzene rings is 3. The molecule has 38 heavy (non-hydrogen) atoms. The summed E-state index contributed by atoms with van der Waals surface area (Å²) in [5, 5.41) is 29.7. The topological polar surface area (TPSA) is 262 Å². The van der Waals surface area contributed by atoms with Gasteiger partial charge in [-0.05, 0) is 47.9 Å². The van der Waals surface area contributed by atoms with E-state index in [-0.39, 0.29) is 31.9 Å². The third-order valence-corrected chi connectivity index (χ3v) is 8.23. The Morgan fingerprint density at radius 3 is 2.18 bits per heavy atom. The van der Waals surface area contributed by atoms with Gasteiger partial charge in [-0.25, -0.2) is 17.9 Å². The summed E-state index contributed by atoms with van der Waals surface area (Å²) in [6.45, 7) is -0.822. The Labute approximate surface area is 219 Å². The first kappa shape index (κ1) is 29.6. The van der Waals surface area contributed by atoms with Crippen LogP contribution in [0, 0.1) is 0 Å². The first-order valence-electron chi connectivity index (χ1n) is 9.70. The normalized spacial score (nSPS) is 12.9. The predicted octanol–water partition coefficient (Wildman–Crippen LogP) is 2.81. The van der Waals surface area contributed by atoms with Crippen molar-refractivity contribution in [2.75, 3.05) is 18.1 Å². The first-order chi connectivity index (χ1) is 17.6. The Kier molecular flexibility index (Phi) is 8.93. The van der Waals surface area contributed by atoms with Crippen molar-refractivity contribution >= 4 is 70.2 Å². The molecule has 3 aromatic rings. The van der Waals surface area contributed by atoms with Crippen LogP contribution in [0.5, 0.6) is 5.75 Å². The van der Waals surface area contributed by atoms with E-state index in [1.54, 1.807) is 0 Å². The molecule has 0 bridgehead atoms. The quantitative estimate of drug-likeness (QED) is 0.0521. The second-order valence-corrected chi connectivity index (χ2v) is 12.5. The molecule has 0 aromatic heterocycles. The lowest BCUT2D eigenvalue weighted by atomic mass is 10.1. The third kappa shape index (κ3) is 7.35.